The molecule has 5 atom stereocenters. The fraction of sp³-hybridized carbons (Fsp3) is 0.333. The van der Waals surface area contributed by atoms with Gasteiger partial charge in [-0.2, -0.15) is 11.8 Å². The zero-order valence-corrected chi connectivity index (χ0v) is 18.8. The second-order valence-corrected chi connectivity index (χ2v) is 9.41. The lowest BCUT2D eigenvalue weighted by Crippen LogP contribution is -2.48. The molecule has 5 heteroatoms. The van der Waals surface area contributed by atoms with Crippen LogP contribution in [0.4, 0.5) is 0 Å². The number of aliphatic hydroxyl groups excluding tert-OH is 2. The molecule has 2 N–H and O–H groups in total. The molecule has 1 aliphatic heterocycles. The van der Waals surface area contributed by atoms with E-state index in [1.807, 2.05) is 78.9 Å². The van der Waals surface area contributed by atoms with E-state index in [4.69, 9.17) is 9.47 Å². The van der Waals surface area contributed by atoms with Gasteiger partial charge < -0.3 is 19.7 Å². The number of benzene rings is 3. The van der Waals surface area contributed by atoms with E-state index in [2.05, 4.69) is 12.1 Å². The maximum absolute atomic E-state index is 11.1. The Morgan fingerprint density at radius 1 is 0.656 bits per heavy atom. The predicted molar refractivity (Wildman–Crippen MR) is 128 cm³/mol. The van der Waals surface area contributed by atoms with Crippen molar-refractivity contribution in [2.24, 2.45) is 0 Å². The van der Waals surface area contributed by atoms with Gasteiger partial charge in [0.25, 0.3) is 0 Å². The molecule has 0 aromatic heterocycles. The van der Waals surface area contributed by atoms with Crippen LogP contribution in [0.3, 0.4) is 0 Å². The van der Waals surface area contributed by atoms with Crippen LogP contribution in [0.5, 0.6) is 0 Å². The van der Waals surface area contributed by atoms with Crippen LogP contribution in [0.1, 0.15) is 16.7 Å². The van der Waals surface area contributed by atoms with Crippen LogP contribution in [0.2, 0.25) is 0 Å². The highest BCUT2D eigenvalue weighted by atomic mass is 32.2. The molecular weight excluding hydrogens is 420 g/mol. The van der Waals surface area contributed by atoms with E-state index in [1.54, 1.807) is 11.8 Å². The smallest absolute Gasteiger partial charge is 0.110 e. The second kappa shape index (κ2) is 11.6. The number of thioether (sulfide) groups is 1. The SMILES string of the molecule is O[C@@H]1[C@@H](O)[C@@H](OCc2ccccc2)CS[C@H](Cc2ccccc2)[C@@H]1OCc1ccccc1. The van der Waals surface area contributed by atoms with Gasteiger partial charge in [-0.25, -0.2) is 0 Å². The molecular formula is C27H30O4S. The first kappa shape index (κ1) is 23.0. The molecule has 4 rings (SSSR count). The standard InChI is InChI=1S/C27H30O4S/c28-25-23(30-17-21-12-6-2-7-13-21)19-32-24(16-20-10-4-1-5-11-20)27(26(25)29)31-18-22-14-8-3-9-15-22/h1-15,23-29H,16-19H2/t23-,24+,25-,26+,27-/m0/s1. The third-order valence-electron chi connectivity index (χ3n) is 5.78. The maximum Gasteiger partial charge on any atom is 0.110 e. The molecule has 0 bridgehead atoms. The van der Waals surface area contributed by atoms with Crippen molar-refractivity contribution in [2.45, 2.75) is 49.3 Å². The Morgan fingerprint density at radius 2 is 1.16 bits per heavy atom. The molecule has 3 aromatic carbocycles. The summed E-state index contributed by atoms with van der Waals surface area (Å²) in [6, 6.07) is 30.0. The van der Waals surface area contributed by atoms with E-state index in [-0.39, 0.29) is 5.25 Å². The number of aliphatic hydroxyl groups is 2. The summed E-state index contributed by atoms with van der Waals surface area (Å²) in [6.07, 6.45) is -2.30. The van der Waals surface area contributed by atoms with Crippen LogP contribution in [0.25, 0.3) is 0 Å². The van der Waals surface area contributed by atoms with Gasteiger partial charge >= 0.3 is 0 Å². The van der Waals surface area contributed by atoms with Gasteiger partial charge in [-0.05, 0) is 23.1 Å². The summed E-state index contributed by atoms with van der Waals surface area (Å²) in [5, 5.41) is 22.1. The first-order valence-corrected chi connectivity index (χ1v) is 12.1. The van der Waals surface area contributed by atoms with Crippen LogP contribution >= 0.6 is 11.8 Å². The van der Waals surface area contributed by atoms with Crippen molar-refractivity contribution in [3.05, 3.63) is 108 Å². The molecule has 1 saturated heterocycles. The van der Waals surface area contributed by atoms with E-state index in [1.165, 1.54) is 5.56 Å². The Hall–Kier alpha value is -2.15. The topological polar surface area (TPSA) is 58.9 Å². The Bertz CT molecular complexity index is 922. The predicted octanol–water partition coefficient (Wildman–Crippen LogP) is 4.24. The van der Waals surface area contributed by atoms with Crippen molar-refractivity contribution < 1.29 is 19.7 Å². The summed E-state index contributed by atoms with van der Waals surface area (Å²) in [5.41, 5.74) is 3.27. The normalized spacial score (nSPS) is 25.9. The summed E-state index contributed by atoms with van der Waals surface area (Å²) in [6.45, 7) is 0.783. The average Bonchev–Trinajstić information content (AvgIpc) is 2.95. The van der Waals surface area contributed by atoms with Crippen molar-refractivity contribution in [3.8, 4) is 0 Å². The monoisotopic (exact) mass is 450 g/mol. The van der Waals surface area contributed by atoms with Gasteiger partial charge in [0.1, 0.15) is 12.2 Å². The fourth-order valence-corrected chi connectivity index (χ4v) is 5.43. The van der Waals surface area contributed by atoms with Crippen LogP contribution < -0.4 is 0 Å². The van der Waals surface area contributed by atoms with E-state index in [0.29, 0.717) is 19.0 Å². The minimum Gasteiger partial charge on any atom is -0.388 e. The Kier molecular flexibility index (Phi) is 8.37. The molecule has 1 heterocycles. The van der Waals surface area contributed by atoms with Crippen LogP contribution in [-0.2, 0) is 29.1 Å². The van der Waals surface area contributed by atoms with Crippen molar-refractivity contribution in [2.75, 3.05) is 5.75 Å². The number of hydrogen-bond acceptors (Lipinski definition) is 5. The lowest BCUT2D eigenvalue weighted by molar-refractivity contribution is -0.134. The molecule has 4 nitrogen and oxygen atoms in total. The maximum atomic E-state index is 11.1. The first-order valence-electron chi connectivity index (χ1n) is 11.0. The molecule has 0 spiro atoms. The molecule has 0 unspecified atom stereocenters. The molecule has 1 aliphatic rings. The fourth-order valence-electron chi connectivity index (χ4n) is 3.96. The zero-order valence-electron chi connectivity index (χ0n) is 18.0. The summed E-state index contributed by atoms with van der Waals surface area (Å²) in [4.78, 5) is 0. The van der Waals surface area contributed by atoms with E-state index < -0.39 is 24.4 Å². The molecule has 1 fully saturated rings. The largest absolute Gasteiger partial charge is 0.388 e. The second-order valence-electron chi connectivity index (χ2n) is 8.14. The quantitative estimate of drug-likeness (QED) is 0.538. The van der Waals surface area contributed by atoms with Gasteiger partial charge in [-0.3, -0.25) is 0 Å². The van der Waals surface area contributed by atoms with Gasteiger partial charge in [0.05, 0.1) is 25.4 Å². The number of hydrogen-bond donors (Lipinski definition) is 2. The Labute approximate surface area is 194 Å². The van der Waals surface area contributed by atoms with Crippen molar-refractivity contribution in [1.82, 2.24) is 0 Å². The highest BCUT2D eigenvalue weighted by Crippen LogP contribution is 2.32. The summed E-state index contributed by atoms with van der Waals surface area (Å²) >= 11 is 1.70. The van der Waals surface area contributed by atoms with Crippen molar-refractivity contribution >= 4 is 11.8 Å². The van der Waals surface area contributed by atoms with Crippen LogP contribution in [0.15, 0.2) is 91.0 Å². The third-order valence-corrected chi connectivity index (χ3v) is 7.16. The zero-order chi connectivity index (χ0) is 22.2. The van der Waals surface area contributed by atoms with Gasteiger partial charge in [0.15, 0.2) is 0 Å². The average molecular weight is 451 g/mol. The molecule has 0 radical (unpaired) electrons. The number of ether oxygens (including phenoxy) is 2. The van der Waals surface area contributed by atoms with Crippen LogP contribution in [-0.4, -0.2) is 45.6 Å². The van der Waals surface area contributed by atoms with Crippen molar-refractivity contribution in [3.63, 3.8) is 0 Å². The van der Waals surface area contributed by atoms with Crippen LogP contribution in [0, 0.1) is 0 Å². The highest BCUT2D eigenvalue weighted by Gasteiger charge is 2.42. The first-order chi connectivity index (χ1) is 15.7. The lowest BCUT2D eigenvalue weighted by atomic mass is 9.97. The third kappa shape index (κ3) is 6.21. The molecule has 0 aliphatic carbocycles. The van der Waals surface area contributed by atoms with E-state index in [0.717, 1.165) is 17.5 Å². The van der Waals surface area contributed by atoms with Gasteiger partial charge in [-0.15, -0.1) is 0 Å². The summed E-state index contributed by atoms with van der Waals surface area (Å²) in [5.74, 6) is 0.591. The minimum absolute atomic E-state index is 0.00362. The van der Waals surface area contributed by atoms with E-state index >= 15 is 0 Å². The minimum atomic E-state index is -1.04. The molecule has 0 amide bonds. The molecule has 168 valence electrons. The van der Waals surface area contributed by atoms with Gasteiger partial charge in [0.2, 0.25) is 0 Å². The van der Waals surface area contributed by atoms with E-state index in [9.17, 15) is 10.2 Å². The highest BCUT2D eigenvalue weighted by molar-refractivity contribution is 8.00. The summed E-state index contributed by atoms with van der Waals surface area (Å²) in [7, 11) is 0. The van der Waals surface area contributed by atoms with Crippen molar-refractivity contribution in [1.29, 1.82) is 0 Å². The Balaban J connectivity index is 1.48. The molecule has 32 heavy (non-hydrogen) atoms. The molecule has 0 saturated carbocycles. The lowest BCUT2D eigenvalue weighted by Gasteiger charge is -2.31. The molecule has 3 aromatic rings. The van der Waals surface area contributed by atoms with Gasteiger partial charge in [-0.1, -0.05) is 91.0 Å². The summed E-state index contributed by atoms with van der Waals surface area (Å²) < 4.78 is 12.3. The van der Waals surface area contributed by atoms with Gasteiger partial charge in [0, 0.05) is 11.0 Å². The Morgan fingerprint density at radius 3 is 1.72 bits per heavy atom. The number of rotatable bonds is 8.